The summed E-state index contributed by atoms with van der Waals surface area (Å²) >= 11 is 0. The highest BCUT2D eigenvalue weighted by atomic mass is 19.1. The molecule has 0 spiro atoms. The average molecular weight is 279 g/mol. The molecular formula is C14H18FN3O2. The Balaban J connectivity index is 2.20. The maximum atomic E-state index is 13.9. The highest BCUT2D eigenvalue weighted by Crippen LogP contribution is 2.26. The molecule has 1 aromatic heterocycles. The summed E-state index contributed by atoms with van der Waals surface area (Å²) in [6, 6.07) is 4.45. The van der Waals surface area contributed by atoms with Gasteiger partial charge >= 0.3 is 0 Å². The molecule has 5 nitrogen and oxygen atoms in total. The molecule has 108 valence electrons. The highest BCUT2D eigenvalue weighted by molar-refractivity contribution is 5.55. The summed E-state index contributed by atoms with van der Waals surface area (Å²) in [5, 5.41) is 11.1. The molecule has 1 N–H and O–H groups in total. The summed E-state index contributed by atoms with van der Waals surface area (Å²) < 4.78 is 24.4. The molecule has 6 heteroatoms. The van der Waals surface area contributed by atoms with E-state index in [0.29, 0.717) is 11.6 Å². The molecule has 1 unspecified atom stereocenters. The number of halogens is 1. The molecule has 0 aliphatic carbocycles. The number of hydrogen-bond donors (Lipinski definition) is 1. The zero-order chi connectivity index (χ0) is 14.5. The van der Waals surface area contributed by atoms with Gasteiger partial charge in [-0.05, 0) is 32.0 Å². The molecule has 0 aliphatic rings. The van der Waals surface area contributed by atoms with Gasteiger partial charge in [-0.25, -0.2) is 4.39 Å². The molecule has 1 heterocycles. The van der Waals surface area contributed by atoms with Crippen LogP contribution in [0.2, 0.25) is 0 Å². The minimum absolute atomic E-state index is 0.0579. The van der Waals surface area contributed by atoms with E-state index in [2.05, 4.69) is 22.4 Å². The largest absolute Gasteiger partial charge is 0.497 e. The van der Waals surface area contributed by atoms with E-state index in [-0.39, 0.29) is 17.5 Å². The van der Waals surface area contributed by atoms with Crippen LogP contribution in [0.1, 0.15) is 32.2 Å². The summed E-state index contributed by atoms with van der Waals surface area (Å²) in [6.07, 6.45) is 1.01. The van der Waals surface area contributed by atoms with Crippen molar-refractivity contribution in [2.45, 2.75) is 26.3 Å². The second kappa shape index (κ2) is 6.47. The van der Waals surface area contributed by atoms with E-state index in [1.54, 1.807) is 12.1 Å². The van der Waals surface area contributed by atoms with Crippen LogP contribution < -0.4 is 10.1 Å². The van der Waals surface area contributed by atoms with Crippen LogP contribution in [0.25, 0.3) is 11.5 Å². The Morgan fingerprint density at radius 2 is 2.20 bits per heavy atom. The lowest BCUT2D eigenvalue weighted by Gasteiger charge is -2.07. The van der Waals surface area contributed by atoms with Crippen molar-refractivity contribution in [2.75, 3.05) is 13.7 Å². The smallest absolute Gasteiger partial charge is 0.250 e. The first-order valence-electron chi connectivity index (χ1n) is 6.56. The van der Waals surface area contributed by atoms with E-state index < -0.39 is 5.82 Å². The molecule has 2 aromatic rings. The summed E-state index contributed by atoms with van der Waals surface area (Å²) in [5.74, 6) is 0.617. The monoisotopic (exact) mass is 279 g/mol. The summed E-state index contributed by atoms with van der Waals surface area (Å²) in [5.41, 5.74) is 0.271. The van der Waals surface area contributed by atoms with Gasteiger partial charge in [0.15, 0.2) is 0 Å². The first-order chi connectivity index (χ1) is 9.65. The predicted molar refractivity (Wildman–Crippen MR) is 73.0 cm³/mol. The summed E-state index contributed by atoms with van der Waals surface area (Å²) in [6.45, 7) is 4.86. The van der Waals surface area contributed by atoms with Crippen molar-refractivity contribution < 1.29 is 13.5 Å². The highest BCUT2D eigenvalue weighted by Gasteiger charge is 2.17. The second-order valence-electron chi connectivity index (χ2n) is 4.47. The molecular weight excluding hydrogens is 261 g/mol. The molecule has 0 saturated heterocycles. The molecule has 0 aliphatic heterocycles. The quantitative estimate of drug-likeness (QED) is 0.881. The van der Waals surface area contributed by atoms with Crippen molar-refractivity contribution in [3.05, 3.63) is 29.9 Å². The summed E-state index contributed by atoms with van der Waals surface area (Å²) in [7, 11) is 1.49. The molecule has 1 atom stereocenters. The lowest BCUT2D eigenvalue weighted by Crippen LogP contribution is -2.19. The molecule has 20 heavy (non-hydrogen) atoms. The standard InChI is InChI=1S/C14H18FN3O2/c1-4-7-16-9(2)13-17-18-14(20-13)11-6-5-10(19-3)8-12(11)15/h5-6,8-9,16H,4,7H2,1-3H3. The van der Waals surface area contributed by atoms with Crippen LogP contribution in [-0.2, 0) is 0 Å². The number of hydrogen-bond acceptors (Lipinski definition) is 5. The zero-order valence-electron chi connectivity index (χ0n) is 11.8. The Kier molecular flexibility index (Phi) is 4.68. The number of rotatable bonds is 6. The molecule has 0 radical (unpaired) electrons. The Morgan fingerprint density at radius 1 is 1.40 bits per heavy atom. The van der Waals surface area contributed by atoms with E-state index in [9.17, 15) is 4.39 Å². The van der Waals surface area contributed by atoms with Gasteiger partial charge < -0.3 is 14.5 Å². The third kappa shape index (κ3) is 3.14. The van der Waals surface area contributed by atoms with Crippen LogP contribution in [0.3, 0.4) is 0 Å². The predicted octanol–water partition coefficient (Wildman–Crippen LogP) is 2.94. The van der Waals surface area contributed by atoms with Crippen LogP contribution in [0, 0.1) is 5.82 Å². The Labute approximate surface area is 117 Å². The Bertz CT molecular complexity index is 571. The Morgan fingerprint density at radius 3 is 2.85 bits per heavy atom. The van der Waals surface area contributed by atoms with E-state index >= 15 is 0 Å². The first kappa shape index (κ1) is 14.5. The minimum atomic E-state index is -0.450. The molecule has 2 rings (SSSR count). The third-order valence-corrected chi connectivity index (χ3v) is 2.92. The van der Waals surface area contributed by atoms with Gasteiger partial charge in [-0.2, -0.15) is 0 Å². The summed E-state index contributed by atoms with van der Waals surface area (Å²) in [4.78, 5) is 0. The van der Waals surface area contributed by atoms with Crippen molar-refractivity contribution in [1.29, 1.82) is 0 Å². The number of methoxy groups -OCH3 is 1. The van der Waals surface area contributed by atoms with Gasteiger partial charge in [0.2, 0.25) is 5.89 Å². The van der Waals surface area contributed by atoms with Gasteiger partial charge in [0.1, 0.15) is 11.6 Å². The molecule has 0 saturated carbocycles. The average Bonchev–Trinajstić information content (AvgIpc) is 2.94. The second-order valence-corrected chi connectivity index (χ2v) is 4.47. The van der Waals surface area contributed by atoms with Crippen LogP contribution in [0.5, 0.6) is 5.75 Å². The number of nitrogens with one attached hydrogen (secondary N) is 1. The number of aromatic nitrogens is 2. The minimum Gasteiger partial charge on any atom is -0.497 e. The van der Waals surface area contributed by atoms with Gasteiger partial charge in [-0.1, -0.05) is 6.92 Å². The number of ether oxygens (including phenoxy) is 1. The van der Waals surface area contributed by atoms with Gasteiger partial charge in [0.25, 0.3) is 5.89 Å². The first-order valence-corrected chi connectivity index (χ1v) is 6.56. The van der Waals surface area contributed by atoms with E-state index in [4.69, 9.17) is 9.15 Å². The van der Waals surface area contributed by atoms with Crippen molar-refractivity contribution >= 4 is 0 Å². The number of benzene rings is 1. The van der Waals surface area contributed by atoms with E-state index in [1.165, 1.54) is 13.2 Å². The van der Waals surface area contributed by atoms with Crippen molar-refractivity contribution in [2.24, 2.45) is 0 Å². The van der Waals surface area contributed by atoms with E-state index in [1.807, 2.05) is 6.92 Å². The fraction of sp³-hybridized carbons (Fsp3) is 0.429. The SMILES string of the molecule is CCCNC(C)c1nnc(-c2ccc(OC)cc2F)o1. The fourth-order valence-electron chi connectivity index (χ4n) is 1.76. The van der Waals surface area contributed by atoms with Crippen molar-refractivity contribution in [3.8, 4) is 17.2 Å². The molecule has 0 fully saturated rings. The van der Waals surface area contributed by atoms with Crippen molar-refractivity contribution in [3.63, 3.8) is 0 Å². The topological polar surface area (TPSA) is 60.2 Å². The van der Waals surface area contributed by atoms with Crippen LogP contribution in [0.4, 0.5) is 4.39 Å². The van der Waals surface area contributed by atoms with Crippen molar-refractivity contribution in [1.82, 2.24) is 15.5 Å². The lowest BCUT2D eigenvalue weighted by molar-refractivity contribution is 0.410. The molecule has 0 bridgehead atoms. The molecule has 0 amide bonds. The third-order valence-electron chi connectivity index (χ3n) is 2.92. The van der Waals surface area contributed by atoms with Gasteiger partial charge in [0.05, 0.1) is 18.7 Å². The molecule has 1 aromatic carbocycles. The maximum absolute atomic E-state index is 13.9. The van der Waals surface area contributed by atoms with Crippen LogP contribution in [-0.4, -0.2) is 23.9 Å². The van der Waals surface area contributed by atoms with Crippen LogP contribution in [0.15, 0.2) is 22.6 Å². The van der Waals surface area contributed by atoms with Gasteiger partial charge in [-0.3, -0.25) is 0 Å². The van der Waals surface area contributed by atoms with Crippen LogP contribution >= 0.6 is 0 Å². The normalized spacial score (nSPS) is 12.4. The number of nitrogens with zero attached hydrogens (tertiary/aromatic N) is 2. The van der Waals surface area contributed by atoms with Gasteiger partial charge in [0, 0.05) is 6.07 Å². The maximum Gasteiger partial charge on any atom is 0.250 e. The lowest BCUT2D eigenvalue weighted by atomic mass is 10.2. The zero-order valence-corrected chi connectivity index (χ0v) is 11.8. The Hall–Kier alpha value is -1.95. The van der Waals surface area contributed by atoms with E-state index in [0.717, 1.165) is 13.0 Å². The van der Waals surface area contributed by atoms with Gasteiger partial charge in [-0.15, -0.1) is 10.2 Å². The fourth-order valence-corrected chi connectivity index (χ4v) is 1.76.